The molecule has 0 radical (unpaired) electrons. The lowest BCUT2D eigenvalue weighted by Crippen LogP contribution is -2.40. The number of aromatic carboxylic acids is 1. The van der Waals surface area contributed by atoms with E-state index in [4.69, 9.17) is 9.15 Å². The maximum Gasteiger partial charge on any atom is 0.399 e. The Morgan fingerprint density at radius 2 is 1.80 bits per heavy atom. The minimum Gasteiger partial charge on any atom is -0.545 e. The van der Waals surface area contributed by atoms with Gasteiger partial charge in [-0.3, -0.25) is 0 Å². The normalized spacial score (nSPS) is 15.2. The third kappa shape index (κ3) is 3.43. The molecule has 0 aromatic heterocycles. The number of carbonyl (C=O) groups excluding carboxylic acids is 2. The number of benzene rings is 3. The predicted octanol–water partition coefficient (Wildman–Crippen LogP) is 2.41. The summed E-state index contributed by atoms with van der Waals surface area (Å²) >= 11 is 0. The Morgan fingerprint density at radius 1 is 0.971 bits per heavy atom. The van der Waals surface area contributed by atoms with Gasteiger partial charge in [0.25, 0.3) is 5.71 Å². The summed E-state index contributed by atoms with van der Waals surface area (Å²) in [5.41, 5.74) is 4.35. The Bertz CT molecular complexity index is 1610. The molecule has 6 rings (SSSR count). The van der Waals surface area contributed by atoms with Crippen LogP contribution >= 0.6 is 0 Å². The zero-order valence-corrected chi connectivity index (χ0v) is 19.2. The van der Waals surface area contributed by atoms with E-state index in [0.717, 1.165) is 47.1 Å². The molecule has 0 atom stereocenters. The van der Waals surface area contributed by atoms with Gasteiger partial charge in [0.1, 0.15) is 24.4 Å². The van der Waals surface area contributed by atoms with Crippen molar-refractivity contribution in [3.63, 3.8) is 0 Å². The number of hydrogen-bond donors (Lipinski definition) is 0. The van der Waals surface area contributed by atoms with Crippen molar-refractivity contribution >= 4 is 34.3 Å². The van der Waals surface area contributed by atoms with Gasteiger partial charge in [-0.15, -0.1) is 0 Å². The number of rotatable bonds is 4. The Morgan fingerprint density at radius 3 is 2.49 bits per heavy atom. The van der Waals surface area contributed by atoms with Gasteiger partial charge < -0.3 is 19.1 Å². The topological polar surface area (TPSA) is 85.6 Å². The van der Waals surface area contributed by atoms with Crippen LogP contribution in [0, 0.1) is 0 Å². The highest BCUT2D eigenvalue weighted by atomic mass is 16.5. The third-order valence-corrected chi connectivity index (χ3v) is 6.96. The summed E-state index contributed by atoms with van der Waals surface area (Å²) < 4.78 is 15.5. The first-order chi connectivity index (χ1) is 17.0. The highest BCUT2D eigenvalue weighted by Gasteiger charge is 2.35. The SMILES string of the molecule is COC(=O)C1=[N+](c2ccc3c(-c4ccccc4C(=O)[O-])c4ccc(=[N+]5CCC5)cc-4oc3c2)CC1. The van der Waals surface area contributed by atoms with Crippen molar-refractivity contribution in [3.8, 4) is 22.5 Å². The van der Waals surface area contributed by atoms with E-state index in [9.17, 15) is 14.7 Å². The summed E-state index contributed by atoms with van der Waals surface area (Å²) in [6, 6.07) is 18.7. The van der Waals surface area contributed by atoms with Gasteiger partial charge in [0.2, 0.25) is 11.0 Å². The van der Waals surface area contributed by atoms with E-state index in [1.54, 1.807) is 18.2 Å². The van der Waals surface area contributed by atoms with E-state index in [0.29, 0.717) is 35.6 Å². The molecule has 2 aromatic carbocycles. The molecule has 3 heterocycles. The van der Waals surface area contributed by atoms with Crippen LogP contribution < -0.4 is 15.0 Å². The van der Waals surface area contributed by atoms with Crippen molar-refractivity contribution in [1.29, 1.82) is 0 Å². The number of carboxylic acids is 1. The minimum atomic E-state index is -1.23. The largest absolute Gasteiger partial charge is 0.545 e. The first-order valence-corrected chi connectivity index (χ1v) is 11.7. The maximum absolute atomic E-state index is 12.1. The predicted molar refractivity (Wildman–Crippen MR) is 129 cm³/mol. The smallest absolute Gasteiger partial charge is 0.399 e. The molecule has 0 bridgehead atoms. The molecule has 35 heavy (non-hydrogen) atoms. The van der Waals surface area contributed by atoms with E-state index in [-0.39, 0.29) is 11.5 Å². The summed E-state index contributed by atoms with van der Waals surface area (Å²) in [6.45, 7) is 2.72. The minimum absolute atomic E-state index is 0.126. The number of carbonyl (C=O) groups is 2. The van der Waals surface area contributed by atoms with Crippen LogP contribution in [0.2, 0.25) is 0 Å². The van der Waals surface area contributed by atoms with Crippen molar-refractivity contribution in [3.05, 3.63) is 71.6 Å². The quantitative estimate of drug-likeness (QED) is 0.261. The van der Waals surface area contributed by atoms with Crippen LogP contribution in [0.3, 0.4) is 0 Å². The molecule has 0 unspecified atom stereocenters. The molecular weight excluding hydrogens is 444 g/mol. The van der Waals surface area contributed by atoms with Crippen molar-refractivity contribution in [2.75, 3.05) is 26.7 Å². The van der Waals surface area contributed by atoms with Crippen molar-refractivity contribution in [1.82, 2.24) is 4.58 Å². The van der Waals surface area contributed by atoms with Gasteiger partial charge in [0.15, 0.2) is 6.54 Å². The molecular formula is C28H23N2O5+. The molecule has 0 N–H and O–H groups in total. The van der Waals surface area contributed by atoms with Crippen LogP contribution in [0.1, 0.15) is 23.2 Å². The van der Waals surface area contributed by atoms with Gasteiger partial charge >= 0.3 is 5.97 Å². The molecule has 2 aromatic rings. The van der Waals surface area contributed by atoms with E-state index >= 15 is 0 Å². The van der Waals surface area contributed by atoms with Crippen LogP contribution in [-0.4, -0.2) is 49.0 Å². The van der Waals surface area contributed by atoms with Gasteiger partial charge in [-0.2, -0.15) is 4.58 Å². The lowest BCUT2D eigenvalue weighted by molar-refractivity contribution is -0.467. The van der Waals surface area contributed by atoms with Crippen LogP contribution in [0.4, 0.5) is 5.69 Å². The molecule has 174 valence electrons. The molecule has 4 aliphatic rings. The average Bonchev–Trinajstić information content (AvgIpc) is 2.80. The van der Waals surface area contributed by atoms with Gasteiger partial charge in [-0.25, -0.2) is 9.37 Å². The zero-order chi connectivity index (χ0) is 24.1. The van der Waals surface area contributed by atoms with Gasteiger partial charge in [-0.05, 0) is 17.7 Å². The van der Waals surface area contributed by atoms with E-state index in [2.05, 4.69) is 10.6 Å². The fraction of sp³-hybridized carbons (Fsp3) is 0.214. The van der Waals surface area contributed by atoms with Crippen molar-refractivity contribution in [2.45, 2.75) is 12.8 Å². The number of hydrogen-bond acceptors (Lipinski definition) is 5. The second-order valence-electron chi connectivity index (χ2n) is 8.85. The van der Waals surface area contributed by atoms with Crippen LogP contribution in [0.25, 0.3) is 33.4 Å². The summed E-state index contributed by atoms with van der Waals surface area (Å²) in [4.78, 5) is 24.1. The Balaban J connectivity index is 1.66. The molecule has 1 aliphatic carbocycles. The molecule has 0 amide bonds. The lowest BCUT2D eigenvalue weighted by Gasteiger charge is -2.19. The van der Waals surface area contributed by atoms with Crippen LogP contribution in [0.5, 0.6) is 0 Å². The second kappa shape index (κ2) is 8.20. The van der Waals surface area contributed by atoms with Crippen LogP contribution in [0.15, 0.2) is 65.1 Å². The third-order valence-electron chi connectivity index (χ3n) is 6.96. The molecule has 0 spiro atoms. The Labute approximate surface area is 201 Å². The summed E-state index contributed by atoms with van der Waals surface area (Å²) in [7, 11) is 1.38. The molecule has 1 fully saturated rings. The zero-order valence-electron chi connectivity index (χ0n) is 19.2. The number of esters is 1. The monoisotopic (exact) mass is 467 g/mol. The summed E-state index contributed by atoms with van der Waals surface area (Å²) in [6.07, 6.45) is 1.82. The Kier molecular flexibility index (Phi) is 4.99. The number of fused-ring (bicyclic) bond motifs is 2. The van der Waals surface area contributed by atoms with E-state index in [1.165, 1.54) is 7.11 Å². The number of methoxy groups -OCH3 is 1. The highest BCUT2D eigenvalue weighted by molar-refractivity contribution is 6.35. The summed E-state index contributed by atoms with van der Waals surface area (Å²) in [5, 5.41) is 13.8. The standard InChI is InChI=1S/C28H23N2O5/c1-34-28(33)23-11-14-30(23)18-8-10-22-25(16-18)35-24-15-17(29-12-4-13-29)7-9-21(24)26(22)19-5-2-3-6-20(19)27(31)32/h2-3,5-10,15-16H,4,11-14H2,1H3/q+1. The van der Waals surface area contributed by atoms with Crippen molar-refractivity contribution in [2.24, 2.45) is 0 Å². The van der Waals surface area contributed by atoms with Crippen LogP contribution in [-0.2, 0) is 9.53 Å². The second-order valence-corrected chi connectivity index (χ2v) is 8.85. The fourth-order valence-electron chi connectivity index (χ4n) is 4.93. The van der Waals surface area contributed by atoms with Gasteiger partial charge in [-0.1, -0.05) is 24.3 Å². The highest BCUT2D eigenvalue weighted by Crippen LogP contribution is 2.42. The van der Waals surface area contributed by atoms with E-state index in [1.807, 2.05) is 41.0 Å². The molecule has 3 aliphatic heterocycles. The maximum atomic E-state index is 12.1. The van der Waals surface area contributed by atoms with E-state index < -0.39 is 5.97 Å². The molecule has 1 saturated heterocycles. The van der Waals surface area contributed by atoms with Gasteiger partial charge in [0.05, 0.1) is 38.1 Å². The number of nitrogens with zero attached hydrogens (tertiary/aromatic N) is 2. The molecule has 7 heteroatoms. The summed E-state index contributed by atoms with van der Waals surface area (Å²) in [5.74, 6) is -0.896. The molecule has 0 saturated carbocycles. The Hall–Kier alpha value is -4.26. The first-order valence-electron chi connectivity index (χ1n) is 11.7. The van der Waals surface area contributed by atoms with Gasteiger partial charge in [0, 0.05) is 34.2 Å². The average molecular weight is 468 g/mol. The molecule has 7 nitrogen and oxygen atoms in total. The number of ether oxygens (including phenoxy) is 1. The lowest BCUT2D eigenvalue weighted by atomic mass is 9.90. The first kappa shape index (κ1) is 21.3. The number of carboxylic acid groups (broad SMARTS) is 1. The fourth-order valence-corrected chi connectivity index (χ4v) is 4.93. The van der Waals surface area contributed by atoms with Crippen molar-refractivity contribution < 1.29 is 28.4 Å².